The highest BCUT2D eigenvalue weighted by Crippen LogP contribution is 2.17. The molecule has 2 aliphatic heterocycles. The molecule has 0 N–H and O–H groups in total. The lowest BCUT2D eigenvalue weighted by Crippen LogP contribution is -2.28. The van der Waals surface area contributed by atoms with Crippen molar-refractivity contribution in [2.24, 2.45) is 10.2 Å². The second kappa shape index (κ2) is 3.63. The fourth-order valence-electron chi connectivity index (χ4n) is 1.42. The highest BCUT2D eigenvalue weighted by Gasteiger charge is 2.20. The third-order valence-corrected chi connectivity index (χ3v) is 2.06. The molecule has 0 spiro atoms. The molecule has 2 rings (SSSR count). The Labute approximate surface area is 71.8 Å². The lowest BCUT2D eigenvalue weighted by molar-refractivity contribution is 0.0616. The third kappa shape index (κ3) is 1.61. The van der Waals surface area contributed by atoms with Crippen molar-refractivity contribution in [3.63, 3.8) is 0 Å². The van der Waals surface area contributed by atoms with Gasteiger partial charge in [-0.2, -0.15) is 10.2 Å². The molecule has 0 saturated carbocycles. The van der Waals surface area contributed by atoms with Crippen LogP contribution in [-0.4, -0.2) is 18.8 Å². The molecule has 3 heteroatoms. The van der Waals surface area contributed by atoms with Gasteiger partial charge in [0.2, 0.25) is 0 Å². The predicted octanol–water partition coefficient (Wildman–Crippen LogP) is 2.07. The maximum atomic E-state index is 5.54. The summed E-state index contributed by atoms with van der Waals surface area (Å²) in [5, 5.41) is 7.98. The normalized spacial score (nSPS) is 34.0. The minimum Gasteiger partial charge on any atom is -0.372 e. The van der Waals surface area contributed by atoms with Crippen LogP contribution in [0.4, 0.5) is 0 Å². The van der Waals surface area contributed by atoms with Gasteiger partial charge < -0.3 is 4.74 Å². The second-order valence-corrected chi connectivity index (χ2v) is 2.97. The van der Waals surface area contributed by atoms with Crippen LogP contribution < -0.4 is 0 Å². The molecule has 2 aliphatic rings. The standard InChI is InChI=1S/C9H12N2O/c1-2-7-12-9(5-1)8-4-3-6-10-11-8/h1,3,5-6,8-9H,2,4,7H2. The molecule has 0 radical (unpaired) electrons. The monoisotopic (exact) mass is 164 g/mol. The van der Waals surface area contributed by atoms with Gasteiger partial charge in [-0.15, -0.1) is 0 Å². The van der Waals surface area contributed by atoms with Crippen LogP contribution in [-0.2, 0) is 4.74 Å². The highest BCUT2D eigenvalue weighted by molar-refractivity contribution is 5.02. The average Bonchev–Trinajstić information content (AvgIpc) is 2.21. The largest absolute Gasteiger partial charge is 0.372 e. The van der Waals surface area contributed by atoms with Crippen molar-refractivity contribution in [3.05, 3.63) is 24.4 Å². The van der Waals surface area contributed by atoms with E-state index in [0.717, 1.165) is 19.4 Å². The third-order valence-electron chi connectivity index (χ3n) is 2.06. The first-order valence-corrected chi connectivity index (χ1v) is 4.30. The Hall–Kier alpha value is -0.960. The first-order valence-electron chi connectivity index (χ1n) is 4.30. The van der Waals surface area contributed by atoms with Crippen LogP contribution in [0.1, 0.15) is 12.8 Å². The van der Waals surface area contributed by atoms with Gasteiger partial charge in [0.05, 0.1) is 6.61 Å². The predicted molar refractivity (Wildman–Crippen MR) is 45.9 cm³/mol. The molecule has 0 fully saturated rings. The Morgan fingerprint density at radius 2 is 2.33 bits per heavy atom. The zero-order valence-corrected chi connectivity index (χ0v) is 6.89. The Kier molecular flexibility index (Phi) is 2.32. The molecule has 0 aromatic heterocycles. The summed E-state index contributed by atoms with van der Waals surface area (Å²) >= 11 is 0. The van der Waals surface area contributed by atoms with Gasteiger partial charge >= 0.3 is 0 Å². The Bertz CT molecular complexity index is 233. The zero-order chi connectivity index (χ0) is 8.23. The summed E-state index contributed by atoms with van der Waals surface area (Å²) in [6, 6.07) is 0.201. The number of hydrogen-bond acceptors (Lipinski definition) is 3. The van der Waals surface area contributed by atoms with Gasteiger partial charge in [-0.3, -0.25) is 0 Å². The lowest BCUT2D eigenvalue weighted by Gasteiger charge is -2.23. The fourth-order valence-corrected chi connectivity index (χ4v) is 1.42. The fraction of sp³-hybridized carbons (Fsp3) is 0.556. The number of rotatable bonds is 1. The quantitative estimate of drug-likeness (QED) is 0.546. The van der Waals surface area contributed by atoms with Crippen LogP contribution in [0, 0.1) is 0 Å². The van der Waals surface area contributed by atoms with Crippen LogP contribution in [0.25, 0.3) is 0 Å². The first-order chi connectivity index (χ1) is 5.97. The topological polar surface area (TPSA) is 34.0 Å². The molecular weight excluding hydrogens is 152 g/mol. The molecule has 2 atom stereocenters. The molecule has 0 aromatic carbocycles. The summed E-state index contributed by atoms with van der Waals surface area (Å²) < 4.78 is 5.54. The van der Waals surface area contributed by atoms with E-state index in [4.69, 9.17) is 4.74 Å². The van der Waals surface area contributed by atoms with E-state index in [1.807, 2.05) is 6.08 Å². The first kappa shape index (κ1) is 7.68. The highest BCUT2D eigenvalue weighted by atomic mass is 16.5. The van der Waals surface area contributed by atoms with Crippen molar-refractivity contribution >= 4 is 0 Å². The van der Waals surface area contributed by atoms with Crippen LogP contribution in [0.2, 0.25) is 0 Å². The van der Waals surface area contributed by atoms with Crippen LogP contribution in [0.5, 0.6) is 0 Å². The van der Waals surface area contributed by atoms with Crippen LogP contribution >= 0.6 is 0 Å². The molecule has 0 amide bonds. The molecule has 0 aromatic rings. The molecule has 2 unspecified atom stereocenters. The molecule has 0 aliphatic carbocycles. The number of azo groups is 1. The average molecular weight is 164 g/mol. The van der Waals surface area contributed by atoms with Crippen LogP contribution in [0.15, 0.2) is 34.7 Å². The minimum absolute atomic E-state index is 0.146. The molecule has 3 nitrogen and oxygen atoms in total. The van der Waals surface area contributed by atoms with E-state index < -0.39 is 0 Å². The van der Waals surface area contributed by atoms with Gasteiger partial charge in [0.25, 0.3) is 0 Å². The van der Waals surface area contributed by atoms with Crippen molar-refractivity contribution in [1.29, 1.82) is 0 Å². The summed E-state index contributed by atoms with van der Waals surface area (Å²) in [4.78, 5) is 0. The Balaban J connectivity index is 1.99. The molecule has 0 saturated heterocycles. The second-order valence-electron chi connectivity index (χ2n) is 2.97. The molecule has 64 valence electrons. The van der Waals surface area contributed by atoms with Crippen molar-refractivity contribution in [2.75, 3.05) is 6.61 Å². The van der Waals surface area contributed by atoms with Gasteiger partial charge in [0, 0.05) is 6.20 Å². The van der Waals surface area contributed by atoms with Gasteiger partial charge in [0.1, 0.15) is 12.1 Å². The van der Waals surface area contributed by atoms with Gasteiger partial charge in [-0.1, -0.05) is 18.2 Å². The van der Waals surface area contributed by atoms with E-state index in [2.05, 4.69) is 22.4 Å². The number of ether oxygens (including phenoxy) is 1. The summed E-state index contributed by atoms with van der Waals surface area (Å²) in [7, 11) is 0. The summed E-state index contributed by atoms with van der Waals surface area (Å²) in [6.45, 7) is 0.816. The molecule has 2 heterocycles. The van der Waals surface area contributed by atoms with E-state index in [0.29, 0.717) is 0 Å². The lowest BCUT2D eigenvalue weighted by atomic mass is 10.1. The summed E-state index contributed by atoms with van der Waals surface area (Å²) in [6.07, 6.45) is 10.1. The maximum Gasteiger partial charge on any atom is 0.104 e. The van der Waals surface area contributed by atoms with E-state index in [9.17, 15) is 0 Å². The SMILES string of the molecule is C1=CC(C2CC=CN=N2)OCC1. The van der Waals surface area contributed by atoms with Gasteiger partial charge in [-0.25, -0.2) is 0 Å². The van der Waals surface area contributed by atoms with E-state index in [-0.39, 0.29) is 12.1 Å². The molecule has 0 bridgehead atoms. The van der Waals surface area contributed by atoms with E-state index in [1.165, 1.54) is 0 Å². The number of nitrogens with zero attached hydrogens (tertiary/aromatic N) is 2. The van der Waals surface area contributed by atoms with E-state index in [1.54, 1.807) is 6.20 Å². The van der Waals surface area contributed by atoms with Crippen LogP contribution in [0.3, 0.4) is 0 Å². The van der Waals surface area contributed by atoms with Gasteiger partial charge in [-0.05, 0) is 12.8 Å². The van der Waals surface area contributed by atoms with Crippen molar-refractivity contribution < 1.29 is 4.74 Å². The smallest absolute Gasteiger partial charge is 0.104 e. The van der Waals surface area contributed by atoms with Gasteiger partial charge in [0.15, 0.2) is 0 Å². The van der Waals surface area contributed by atoms with Crippen molar-refractivity contribution in [2.45, 2.75) is 25.0 Å². The molecular formula is C9H12N2O. The number of hydrogen-bond donors (Lipinski definition) is 0. The Morgan fingerprint density at radius 1 is 1.33 bits per heavy atom. The molecule has 12 heavy (non-hydrogen) atoms. The van der Waals surface area contributed by atoms with Crippen molar-refractivity contribution in [3.8, 4) is 0 Å². The summed E-state index contributed by atoms with van der Waals surface area (Å²) in [5.74, 6) is 0. The maximum absolute atomic E-state index is 5.54. The minimum atomic E-state index is 0.146. The van der Waals surface area contributed by atoms with Crippen molar-refractivity contribution in [1.82, 2.24) is 0 Å². The summed E-state index contributed by atoms with van der Waals surface area (Å²) in [5.41, 5.74) is 0. The zero-order valence-electron chi connectivity index (χ0n) is 6.89. The Morgan fingerprint density at radius 3 is 3.00 bits per heavy atom. The van der Waals surface area contributed by atoms with E-state index >= 15 is 0 Å².